The highest BCUT2D eigenvalue weighted by atomic mass is 32.2. The van der Waals surface area contributed by atoms with Gasteiger partial charge in [0.15, 0.2) is 6.33 Å². The Morgan fingerprint density at radius 2 is 2.31 bits per heavy atom. The Morgan fingerprint density at radius 3 is 3.07 bits per heavy atom. The van der Waals surface area contributed by atoms with E-state index in [4.69, 9.17) is 9.39 Å². The number of aromatic nitrogens is 4. The highest BCUT2D eigenvalue weighted by Gasteiger charge is 2.48. The summed E-state index contributed by atoms with van der Waals surface area (Å²) in [5.41, 5.74) is 2.42. The van der Waals surface area contributed by atoms with Crippen molar-refractivity contribution in [3.05, 3.63) is 6.33 Å². The summed E-state index contributed by atoms with van der Waals surface area (Å²) in [5.74, 6) is -0.0841. The molecule has 29 heavy (non-hydrogen) atoms. The molecule has 3 amide bonds. The normalized spacial score (nSPS) is 30.0. The molecule has 0 radical (unpaired) electrons. The maximum Gasteiger partial charge on any atom is 0.346 e. The van der Waals surface area contributed by atoms with Gasteiger partial charge in [-0.15, -0.1) is 14.5 Å². The van der Waals surface area contributed by atoms with Crippen molar-refractivity contribution in [1.29, 1.82) is 0 Å². The second kappa shape index (κ2) is 8.66. The zero-order valence-corrected chi connectivity index (χ0v) is 16.2. The molecular formula is C14H22N8O6S. The third kappa shape index (κ3) is 4.53. The van der Waals surface area contributed by atoms with Crippen molar-refractivity contribution < 1.29 is 27.5 Å². The van der Waals surface area contributed by atoms with Crippen molar-refractivity contribution in [2.45, 2.75) is 43.9 Å². The Labute approximate surface area is 168 Å². The number of tetrazole rings is 1. The van der Waals surface area contributed by atoms with Crippen LogP contribution in [0.1, 0.15) is 19.3 Å². The van der Waals surface area contributed by atoms with Gasteiger partial charge in [0.2, 0.25) is 0 Å². The molecule has 1 aromatic rings. The van der Waals surface area contributed by atoms with Crippen molar-refractivity contribution in [1.82, 2.24) is 41.0 Å². The average Bonchev–Trinajstić information content (AvgIpc) is 3.41. The molecule has 4 rings (SSSR count). The van der Waals surface area contributed by atoms with Crippen molar-refractivity contribution in [3.8, 4) is 0 Å². The predicted molar refractivity (Wildman–Crippen MR) is 94.4 cm³/mol. The van der Waals surface area contributed by atoms with Crippen LogP contribution in [0.4, 0.5) is 4.79 Å². The van der Waals surface area contributed by atoms with Crippen LogP contribution in [0.5, 0.6) is 0 Å². The number of piperidine rings is 1. The number of fused-ring (bicyclic) bond motifs is 2. The number of rotatable bonds is 8. The molecule has 3 aliphatic rings. The van der Waals surface area contributed by atoms with E-state index in [-0.39, 0.29) is 25.2 Å². The summed E-state index contributed by atoms with van der Waals surface area (Å²) >= 11 is -2.59. The third-order valence-electron chi connectivity index (χ3n) is 5.35. The minimum Gasteiger partial charge on any atom is -0.311 e. The number of hydrogen-bond acceptors (Lipinski definition) is 9. The van der Waals surface area contributed by atoms with Gasteiger partial charge in [-0.3, -0.25) is 14.2 Å². The zero-order valence-electron chi connectivity index (χ0n) is 15.4. The van der Waals surface area contributed by atoms with Crippen LogP contribution in [-0.4, -0.2) is 88.7 Å². The topological polar surface area (TPSA) is 164 Å². The van der Waals surface area contributed by atoms with Crippen LogP contribution in [0.2, 0.25) is 0 Å². The van der Waals surface area contributed by atoms with Crippen molar-refractivity contribution in [2.75, 3.05) is 19.7 Å². The Morgan fingerprint density at radius 1 is 1.45 bits per heavy atom. The van der Waals surface area contributed by atoms with E-state index in [0.717, 1.165) is 18.0 Å². The summed E-state index contributed by atoms with van der Waals surface area (Å²) in [6, 6.07) is -1.57. The van der Waals surface area contributed by atoms with Crippen LogP contribution in [0.3, 0.4) is 0 Å². The minimum absolute atomic E-state index is 0.0800. The second-order valence-corrected chi connectivity index (χ2v) is 7.86. The second-order valence-electron chi connectivity index (χ2n) is 7.27. The molecule has 3 fully saturated rings. The number of hydrogen-bond donors (Lipinski definition) is 3. The molecule has 4 heterocycles. The third-order valence-corrected chi connectivity index (χ3v) is 5.64. The van der Waals surface area contributed by atoms with Gasteiger partial charge in [0.1, 0.15) is 6.04 Å². The maximum atomic E-state index is 12.5. The number of nitrogens with zero attached hydrogens (tertiary/aromatic N) is 6. The van der Waals surface area contributed by atoms with E-state index in [1.807, 2.05) is 0 Å². The van der Waals surface area contributed by atoms with Crippen LogP contribution in [0.15, 0.2) is 6.33 Å². The Kier molecular flexibility index (Phi) is 6.00. The lowest BCUT2D eigenvalue weighted by atomic mass is 10.0. The number of carbonyl (C=O) groups is 2. The van der Waals surface area contributed by atoms with Crippen LogP contribution < -0.4 is 10.8 Å². The van der Waals surface area contributed by atoms with Gasteiger partial charge in [-0.2, -0.15) is 14.1 Å². The first kappa shape index (κ1) is 20.1. The molecule has 0 saturated carbocycles. The highest BCUT2D eigenvalue weighted by molar-refractivity contribution is 7.74. The monoisotopic (exact) mass is 430 g/mol. The number of nitrogens with one attached hydrogen (secondary N) is 2. The predicted octanol–water partition coefficient (Wildman–Crippen LogP) is -1.96. The fraction of sp³-hybridized carbons (Fsp3) is 0.786. The smallest absolute Gasteiger partial charge is 0.311 e. The molecule has 3 aliphatic heterocycles. The van der Waals surface area contributed by atoms with Crippen LogP contribution in [0.25, 0.3) is 0 Å². The lowest BCUT2D eigenvalue weighted by Gasteiger charge is -2.29. The minimum atomic E-state index is -2.59. The Hall–Kier alpha value is -2.20. The van der Waals surface area contributed by atoms with Crippen LogP contribution in [-0.2, 0) is 31.8 Å². The van der Waals surface area contributed by atoms with Gasteiger partial charge < -0.3 is 10.2 Å². The van der Waals surface area contributed by atoms with E-state index in [2.05, 4.69) is 30.5 Å². The first-order chi connectivity index (χ1) is 14.0. The van der Waals surface area contributed by atoms with E-state index in [0.29, 0.717) is 25.3 Å². The van der Waals surface area contributed by atoms with E-state index >= 15 is 0 Å². The number of hydroxylamine groups is 3. The van der Waals surface area contributed by atoms with E-state index in [9.17, 15) is 13.8 Å². The van der Waals surface area contributed by atoms with Crippen molar-refractivity contribution >= 4 is 23.3 Å². The quantitative estimate of drug-likeness (QED) is 0.311. The summed E-state index contributed by atoms with van der Waals surface area (Å²) in [4.78, 5) is 33.0. The lowest BCUT2D eigenvalue weighted by molar-refractivity contribution is -0.139. The van der Waals surface area contributed by atoms with Gasteiger partial charge in [0, 0.05) is 19.1 Å². The number of amides is 3. The van der Waals surface area contributed by atoms with Gasteiger partial charge in [0.25, 0.3) is 5.91 Å². The van der Waals surface area contributed by atoms with Crippen molar-refractivity contribution in [2.24, 2.45) is 5.92 Å². The number of urea groups is 1. The summed E-state index contributed by atoms with van der Waals surface area (Å²) in [5, 5.41) is 15.7. The van der Waals surface area contributed by atoms with Gasteiger partial charge in [-0.1, -0.05) is 0 Å². The molecule has 0 spiro atoms. The van der Waals surface area contributed by atoms with Gasteiger partial charge in [0.05, 0.1) is 19.2 Å². The summed E-state index contributed by atoms with van der Waals surface area (Å²) in [6.45, 7) is 2.00. The fourth-order valence-electron chi connectivity index (χ4n) is 4.02. The number of carbonyl (C=O) groups excluding carboxylic acids is 2. The van der Waals surface area contributed by atoms with E-state index in [1.165, 1.54) is 11.2 Å². The molecule has 3 unspecified atom stereocenters. The Bertz CT molecular complexity index is 765. The van der Waals surface area contributed by atoms with Gasteiger partial charge >= 0.3 is 17.4 Å². The maximum absolute atomic E-state index is 12.5. The standard InChI is InChI=1S/C14H22N8O6S/c23-13(12-2-1-11-6-20(12)14(24)22(11)28-29(25)26)18-27-7-10-3-9(4-15-10)5-21-17-8-16-19-21/h8-12,15H,1-7H2,(H,18,23)(H,25,26)/t9-,10-,11?,12?/m0/s1. The summed E-state index contributed by atoms with van der Waals surface area (Å²) in [7, 11) is 0. The van der Waals surface area contributed by atoms with Gasteiger partial charge in [-0.05, 0) is 30.4 Å². The molecular weight excluding hydrogens is 408 g/mol. The molecule has 5 atom stereocenters. The Balaban J connectivity index is 1.20. The molecule has 0 aromatic carbocycles. The first-order valence-electron chi connectivity index (χ1n) is 9.26. The highest BCUT2D eigenvalue weighted by Crippen LogP contribution is 2.30. The fourth-order valence-corrected chi connectivity index (χ4v) is 4.35. The van der Waals surface area contributed by atoms with Gasteiger partial charge in [-0.25, -0.2) is 10.3 Å². The van der Waals surface area contributed by atoms with E-state index < -0.39 is 29.3 Å². The largest absolute Gasteiger partial charge is 0.346 e. The molecule has 0 aliphatic carbocycles. The lowest BCUT2D eigenvalue weighted by Crippen LogP contribution is -2.50. The first-order valence-corrected chi connectivity index (χ1v) is 10.3. The average molecular weight is 430 g/mol. The molecule has 1 aromatic heterocycles. The zero-order chi connectivity index (χ0) is 20.4. The van der Waals surface area contributed by atoms with Crippen LogP contribution in [0, 0.1) is 5.92 Å². The summed E-state index contributed by atoms with van der Waals surface area (Å²) in [6.07, 6.45) is 3.14. The van der Waals surface area contributed by atoms with Crippen molar-refractivity contribution in [3.63, 3.8) is 0 Å². The SMILES string of the molecule is O=C(NOC[C@@H]1C[C@H](Cn2ncnn2)CN1)C1CCC2CN1C(=O)N2OS(=O)O. The molecule has 3 saturated heterocycles. The molecule has 14 nitrogen and oxygen atoms in total. The molecule has 15 heteroatoms. The molecule has 3 N–H and O–H groups in total. The summed E-state index contributed by atoms with van der Waals surface area (Å²) < 4.78 is 24.3. The van der Waals surface area contributed by atoms with E-state index in [1.54, 1.807) is 4.80 Å². The van der Waals surface area contributed by atoms with Crippen LogP contribution >= 0.6 is 0 Å². The molecule has 160 valence electrons. The molecule has 2 bridgehead atoms.